The lowest BCUT2D eigenvalue weighted by atomic mass is 9.67. The van der Waals surface area contributed by atoms with Gasteiger partial charge in [0.2, 0.25) is 11.8 Å². The summed E-state index contributed by atoms with van der Waals surface area (Å²) >= 11 is 11.5. The van der Waals surface area contributed by atoms with E-state index >= 15 is 0 Å². The van der Waals surface area contributed by atoms with Crippen molar-refractivity contribution in [3.8, 4) is 5.75 Å². The van der Waals surface area contributed by atoms with E-state index in [2.05, 4.69) is 10.6 Å². The molecule has 2 atom stereocenters. The Labute approximate surface area is 198 Å². The third-order valence-corrected chi connectivity index (χ3v) is 6.28. The molecule has 0 aliphatic carbocycles. The van der Waals surface area contributed by atoms with E-state index in [0.29, 0.717) is 16.3 Å². The summed E-state index contributed by atoms with van der Waals surface area (Å²) in [4.78, 5) is 24.9. The van der Waals surface area contributed by atoms with Crippen LogP contribution in [0.3, 0.4) is 0 Å². The fraction of sp³-hybridized carbons (Fsp3) is 0.167. The molecule has 1 saturated heterocycles. The topological polar surface area (TPSA) is 78.4 Å². The average Bonchev–Trinajstić information content (AvgIpc) is 3.05. The maximum atomic E-state index is 14.5. The lowest BCUT2D eigenvalue weighted by molar-refractivity contribution is -0.130. The highest BCUT2D eigenvalue weighted by molar-refractivity contribution is 6.31. The van der Waals surface area contributed by atoms with Gasteiger partial charge >= 0.3 is 0 Å². The number of piperidine rings is 1. The van der Waals surface area contributed by atoms with Crippen LogP contribution in [0.1, 0.15) is 30.0 Å². The highest BCUT2D eigenvalue weighted by Gasteiger charge is 2.56. The predicted octanol–water partition coefficient (Wildman–Crippen LogP) is 5.51. The van der Waals surface area contributed by atoms with Crippen LogP contribution in [0.2, 0.25) is 10.0 Å². The molecule has 33 heavy (non-hydrogen) atoms. The van der Waals surface area contributed by atoms with E-state index in [9.17, 15) is 23.5 Å². The molecule has 0 bridgehead atoms. The van der Waals surface area contributed by atoms with Gasteiger partial charge in [-0.15, -0.1) is 0 Å². The summed E-state index contributed by atoms with van der Waals surface area (Å²) in [6.07, 6.45) is 0.114. The number of carbonyl (C=O) groups excluding carboxylic acids is 2. The smallest absolute Gasteiger partial charge is 0.237 e. The quantitative estimate of drug-likeness (QED) is 0.421. The number of rotatable bonds is 1. The molecule has 2 amide bonds. The minimum Gasteiger partial charge on any atom is -0.507 e. The summed E-state index contributed by atoms with van der Waals surface area (Å²) in [7, 11) is 0. The number of halogens is 4. The molecule has 3 N–H and O–H groups in total. The minimum atomic E-state index is -1.38. The van der Waals surface area contributed by atoms with Crippen molar-refractivity contribution < 1.29 is 23.5 Å². The molecule has 2 aliphatic rings. The lowest BCUT2D eigenvalue weighted by Crippen LogP contribution is -2.53. The van der Waals surface area contributed by atoms with Crippen molar-refractivity contribution in [2.45, 2.75) is 24.3 Å². The van der Waals surface area contributed by atoms with E-state index in [1.165, 1.54) is 0 Å². The Kier molecular flexibility index (Phi) is 6.28. The van der Waals surface area contributed by atoms with Gasteiger partial charge in [0.05, 0.1) is 11.6 Å². The van der Waals surface area contributed by atoms with E-state index < -0.39 is 46.2 Å². The molecule has 5 rings (SSSR count). The van der Waals surface area contributed by atoms with Crippen LogP contribution >= 0.6 is 23.2 Å². The van der Waals surface area contributed by atoms with Gasteiger partial charge in [-0.3, -0.25) is 9.59 Å². The fourth-order valence-corrected chi connectivity index (χ4v) is 4.59. The molecule has 1 spiro atoms. The van der Waals surface area contributed by atoms with Crippen LogP contribution in [-0.4, -0.2) is 16.9 Å². The molecule has 2 aliphatic heterocycles. The third kappa shape index (κ3) is 4.14. The van der Waals surface area contributed by atoms with Crippen molar-refractivity contribution in [3.05, 3.63) is 93.5 Å². The zero-order valence-electron chi connectivity index (χ0n) is 17.0. The molecule has 0 saturated carbocycles. The SMILES string of the molecule is Clc1ccccc1.O=C1CC[C@]2(C(=O)Nc3cc(Cl)ccc32)[C@@H](c2c(O)ccc(F)c2F)N1. The van der Waals surface area contributed by atoms with Gasteiger partial charge in [0.1, 0.15) is 11.2 Å². The maximum absolute atomic E-state index is 14.5. The highest BCUT2D eigenvalue weighted by atomic mass is 35.5. The summed E-state index contributed by atoms with van der Waals surface area (Å²) in [6.45, 7) is 0. The van der Waals surface area contributed by atoms with Crippen molar-refractivity contribution in [1.29, 1.82) is 0 Å². The maximum Gasteiger partial charge on any atom is 0.237 e. The zero-order chi connectivity index (χ0) is 23.8. The lowest BCUT2D eigenvalue weighted by Gasteiger charge is -2.40. The van der Waals surface area contributed by atoms with Crippen LogP contribution in [0, 0.1) is 11.6 Å². The number of benzene rings is 3. The molecule has 2 heterocycles. The number of hydrogen-bond acceptors (Lipinski definition) is 3. The van der Waals surface area contributed by atoms with Crippen LogP contribution in [0.4, 0.5) is 14.5 Å². The standard InChI is InChI=1S/C18H13ClF2N2O3.C6H5Cl/c19-8-1-2-9-11(7-8)22-17(26)18(9)6-5-13(25)23-16(18)14-12(24)4-3-10(20)15(14)21;7-6-4-2-1-3-5-6/h1-4,7,16,24H,5-6H2,(H,22,26)(H,23,25);1-5H/t16-,18-;/m1./s1. The first-order chi connectivity index (χ1) is 15.7. The fourth-order valence-electron chi connectivity index (χ4n) is 4.28. The second-order valence-electron chi connectivity index (χ2n) is 7.71. The molecule has 0 aromatic heterocycles. The van der Waals surface area contributed by atoms with Crippen molar-refractivity contribution >= 4 is 40.7 Å². The Bertz CT molecular complexity index is 1240. The Hall–Kier alpha value is -3.16. The Balaban J connectivity index is 0.000000318. The van der Waals surface area contributed by atoms with Crippen LogP contribution in [0.25, 0.3) is 0 Å². The van der Waals surface area contributed by atoms with Gasteiger partial charge in [-0.2, -0.15) is 0 Å². The van der Waals surface area contributed by atoms with E-state index in [4.69, 9.17) is 23.2 Å². The van der Waals surface area contributed by atoms with E-state index in [0.717, 1.165) is 17.2 Å². The highest BCUT2D eigenvalue weighted by Crippen LogP contribution is 2.53. The molecular formula is C24H18Cl2F2N2O3. The zero-order valence-corrected chi connectivity index (χ0v) is 18.6. The summed E-state index contributed by atoms with van der Waals surface area (Å²) in [5.74, 6) is -3.90. The van der Waals surface area contributed by atoms with Crippen LogP contribution < -0.4 is 10.6 Å². The Morgan fingerprint density at radius 2 is 1.70 bits per heavy atom. The number of carbonyl (C=O) groups is 2. The largest absolute Gasteiger partial charge is 0.507 e. The summed E-state index contributed by atoms with van der Waals surface area (Å²) < 4.78 is 28.4. The number of fused-ring (bicyclic) bond motifs is 2. The molecule has 0 radical (unpaired) electrons. The normalized spacial score (nSPS) is 21.0. The number of hydrogen-bond donors (Lipinski definition) is 3. The van der Waals surface area contributed by atoms with Gasteiger partial charge in [0.15, 0.2) is 11.6 Å². The number of amides is 2. The van der Waals surface area contributed by atoms with Gasteiger partial charge in [-0.05, 0) is 48.4 Å². The molecule has 3 aromatic rings. The Morgan fingerprint density at radius 1 is 0.970 bits per heavy atom. The minimum absolute atomic E-state index is 0.0314. The predicted molar refractivity (Wildman–Crippen MR) is 121 cm³/mol. The molecule has 0 unspecified atom stereocenters. The van der Waals surface area contributed by atoms with Crippen LogP contribution in [0.15, 0.2) is 60.7 Å². The molecule has 170 valence electrons. The number of anilines is 1. The molecule has 3 aromatic carbocycles. The van der Waals surface area contributed by atoms with Crippen LogP contribution in [0.5, 0.6) is 5.75 Å². The van der Waals surface area contributed by atoms with Gasteiger partial charge in [0, 0.05) is 22.2 Å². The van der Waals surface area contributed by atoms with Gasteiger partial charge < -0.3 is 15.7 Å². The molecule has 9 heteroatoms. The van der Waals surface area contributed by atoms with Crippen LogP contribution in [-0.2, 0) is 15.0 Å². The van der Waals surface area contributed by atoms with Crippen molar-refractivity contribution in [1.82, 2.24) is 5.32 Å². The van der Waals surface area contributed by atoms with E-state index in [1.807, 2.05) is 30.3 Å². The van der Waals surface area contributed by atoms with Crippen molar-refractivity contribution in [2.24, 2.45) is 0 Å². The number of nitrogens with one attached hydrogen (secondary N) is 2. The first-order valence-corrected chi connectivity index (χ1v) is 10.8. The van der Waals surface area contributed by atoms with Gasteiger partial charge in [0.25, 0.3) is 0 Å². The van der Waals surface area contributed by atoms with Gasteiger partial charge in [-0.1, -0.05) is 47.5 Å². The first kappa shape index (κ1) is 23.0. The number of phenolic OH excluding ortho intramolecular Hbond substituents is 1. The van der Waals surface area contributed by atoms with Crippen molar-refractivity contribution in [2.75, 3.05) is 5.32 Å². The van der Waals surface area contributed by atoms with E-state index in [-0.39, 0.29) is 12.8 Å². The average molecular weight is 491 g/mol. The summed E-state index contributed by atoms with van der Waals surface area (Å²) in [5.41, 5.74) is -0.865. The number of aromatic hydroxyl groups is 1. The second-order valence-corrected chi connectivity index (χ2v) is 8.58. The molecule has 5 nitrogen and oxygen atoms in total. The summed E-state index contributed by atoms with van der Waals surface area (Å²) in [6, 6.07) is 14.7. The molecular weight excluding hydrogens is 473 g/mol. The third-order valence-electron chi connectivity index (χ3n) is 5.79. The monoisotopic (exact) mass is 490 g/mol. The van der Waals surface area contributed by atoms with Gasteiger partial charge in [-0.25, -0.2) is 8.78 Å². The van der Waals surface area contributed by atoms with E-state index in [1.54, 1.807) is 18.2 Å². The van der Waals surface area contributed by atoms with Crippen molar-refractivity contribution in [3.63, 3.8) is 0 Å². The number of phenols is 1. The second kappa shape index (κ2) is 9.00. The molecule has 1 fully saturated rings. The Morgan fingerprint density at radius 3 is 2.36 bits per heavy atom. The summed E-state index contributed by atoms with van der Waals surface area (Å²) in [5, 5.41) is 16.6. The first-order valence-electron chi connectivity index (χ1n) is 10.0.